The highest BCUT2D eigenvalue weighted by Crippen LogP contribution is 2.26. The van der Waals surface area contributed by atoms with Gasteiger partial charge in [-0.3, -0.25) is 0 Å². The molecule has 1 N–H and O–H groups in total. The summed E-state index contributed by atoms with van der Waals surface area (Å²) in [6, 6.07) is 2.99. The van der Waals surface area contributed by atoms with Crippen LogP contribution in [0, 0.1) is 19.7 Å². The Morgan fingerprint density at radius 3 is 2.56 bits per heavy atom. The predicted molar refractivity (Wildman–Crippen MR) is 68.6 cm³/mol. The summed E-state index contributed by atoms with van der Waals surface area (Å²) >= 11 is 5.96. The van der Waals surface area contributed by atoms with Crippen LogP contribution in [-0.4, -0.2) is 14.9 Å². The number of benzene rings is 1. The van der Waals surface area contributed by atoms with Crippen LogP contribution in [0.1, 0.15) is 29.8 Å². The first-order valence-electron chi connectivity index (χ1n) is 5.60. The average Bonchev–Trinajstić information content (AvgIpc) is 2.62. The predicted octanol–water partition coefficient (Wildman–Crippen LogP) is 3.33. The van der Waals surface area contributed by atoms with Crippen molar-refractivity contribution in [1.29, 1.82) is 0 Å². The third kappa shape index (κ3) is 2.26. The second kappa shape index (κ2) is 4.71. The summed E-state index contributed by atoms with van der Waals surface area (Å²) < 4.78 is 15.1. The Bertz CT molecular complexity index is 573. The van der Waals surface area contributed by atoms with Crippen molar-refractivity contribution in [1.82, 2.24) is 9.78 Å². The van der Waals surface area contributed by atoms with Gasteiger partial charge in [-0.05, 0) is 38.5 Å². The van der Waals surface area contributed by atoms with E-state index in [1.54, 1.807) is 37.7 Å². The molecule has 0 aliphatic heterocycles. The van der Waals surface area contributed by atoms with E-state index in [1.807, 2.05) is 0 Å². The molecule has 3 nitrogen and oxygen atoms in total. The van der Waals surface area contributed by atoms with Crippen molar-refractivity contribution in [3.8, 4) is 5.69 Å². The maximum Gasteiger partial charge on any atom is 0.126 e. The van der Waals surface area contributed by atoms with Gasteiger partial charge in [-0.25, -0.2) is 9.07 Å². The molecule has 1 unspecified atom stereocenters. The van der Waals surface area contributed by atoms with Gasteiger partial charge in [0.05, 0.1) is 22.5 Å². The van der Waals surface area contributed by atoms with Gasteiger partial charge in [-0.2, -0.15) is 5.10 Å². The van der Waals surface area contributed by atoms with Crippen molar-refractivity contribution in [3.05, 3.63) is 46.0 Å². The van der Waals surface area contributed by atoms with E-state index >= 15 is 0 Å². The summed E-state index contributed by atoms with van der Waals surface area (Å²) in [7, 11) is 0. The highest BCUT2D eigenvalue weighted by molar-refractivity contribution is 6.31. The first-order valence-corrected chi connectivity index (χ1v) is 5.98. The molecule has 1 atom stereocenters. The van der Waals surface area contributed by atoms with Gasteiger partial charge >= 0.3 is 0 Å². The fraction of sp³-hybridized carbons (Fsp3) is 0.308. The molecule has 0 amide bonds. The molecule has 0 saturated heterocycles. The minimum Gasteiger partial charge on any atom is -0.389 e. The number of aliphatic hydroxyl groups excluding tert-OH is 1. The van der Waals surface area contributed by atoms with Crippen molar-refractivity contribution in [2.75, 3.05) is 0 Å². The van der Waals surface area contributed by atoms with E-state index in [2.05, 4.69) is 5.10 Å². The molecule has 0 saturated carbocycles. The summed E-state index contributed by atoms with van der Waals surface area (Å²) in [5.74, 6) is -0.343. The molecule has 0 radical (unpaired) electrons. The summed E-state index contributed by atoms with van der Waals surface area (Å²) in [6.45, 7) is 5.05. The van der Waals surface area contributed by atoms with Crippen LogP contribution in [0.25, 0.3) is 5.69 Å². The summed E-state index contributed by atoms with van der Waals surface area (Å²) in [5, 5.41) is 14.5. The Kier molecular flexibility index (Phi) is 3.41. The van der Waals surface area contributed by atoms with Crippen LogP contribution < -0.4 is 0 Å². The fourth-order valence-corrected chi connectivity index (χ4v) is 1.91. The van der Waals surface area contributed by atoms with E-state index in [-0.39, 0.29) is 5.82 Å². The average molecular weight is 269 g/mol. The van der Waals surface area contributed by atoms with Crippen LogP contribution in [0.3, 0.4) is 0 Å². The molecule has 0 aliphatic rings. The number of halogens is 2. The van der Waals surface area contributed by atoms with E-state index < -0.39 is 6.10 Å². The van der Waals surface area contributed by atoms with Gasteiger partial charge in [-0.15, -0.1) is 0 Å². The second-order valence-corrected chi connectivity index (χ2v) is 4.75. The first kappa shape index (κ1) is 13.1. The molecule has 1 aromatic heterocycles. The van der Waals surface area contributed by atoms with Crippen LogP contribution in [0.5, 0.6) is 0 Å². The van der Waals surface area contributed by atoms with Crippen molar-refractivity contribution in [2.45, 2.75) is 26.9 Å². The number of aliphatic hydroxyl groups is 1. The number of hydrogen-bond donors (Lipinski definition) is 1. The SMILES string of the molecule is Cc1cc(-n2cc(Cl)c(C)n2)c(C(C)O)cc1F. The van der Waals surface area contributed by atoms with Crippen molar-refractivity contribution >= 4 is 11.6 Å². The molecular formula is C13H14ClFN2O. The molecule has 0 spiro atoms. The second-order valence-electron chi connectivity index (χ2n) is 4.34. The first-order chi connectivity index (χ1) is 8.40. The topological polar surface area (TPSA) is 38.0 Å². The third-order valence-corrected chi connectivity index (χ3v) is 3.21. The smallest absolute Gasteiger partial charge is 0.126 e. The third-order valence-electron chi connectivity index (χ3n) is 2.84. The molecule has 1 heterocycles. The van der Waals surface area contributed by atoms with Crippen LogP contribution in [0.4, 0.5) is 4.39 Å². The van der Waals surface area contributed by atoms with Crippen molar-refractivity contribution in [2.24, 2.45) is 0 Å². The van der Waals surface area contributed by atoms with E-state index in [0.717, 1.165) is 0 Å². The molecule has 0 fully saturated rings. The van der Waals surface area contributed by atoms with Gasteiger partial charge in [-0.1, -0.05) is 11.6 Å². The van der Waals surface area contributed by atoms with E-state index in [0.29, 0.717) is 27.5 Å². The Labute approximate surface area is 110 Å². The van der Waals surface area contributed by atoms with Crippen LogP contribution >= 0.6 is 11.6 Å². The molecule has 18 heavy (non-hydrogen) atoms. The zero-order valence-electron chi connectivity index (χ0n) is 10.4. The van der Waals surface area contributed by atoms with Crippen molar-refractivity contribution in [3.63, 3.8) is 0 Å². The lowest BCUT2D eigenvalue weighted by Crippen LogP contribution is -2.05. The normalized spacial score (nSPS) is 12.8. The molecular weight excluding hydrogens is 255 g/mol. The Balaban J connectivity index is 2.65. The fourth-order valence-electron chi connectivity index (χ4n) is 1.78. The highest BCUT2D eigenvalue weighted by atomic mass is 35.5. The molecule has 0 aliphatic carbocycles. The number of aromatic nitrogens is 2. The summed E-state index contributed by atoms with van der Waals surface area (Å²) in [5.41, 5.74) is 2.31. The minimum absolute atomic E-state index is 0.343. The minimum atomic E-state index is -0.779. The van der Waals surface area contributed by atoms with Crippen LogP contribution in [0.15, 0.2) is 18.3 Å². The lowest BCUT2D eigenvalue weighted by Gasteiger charge is -2.13. The summed E-state index contributed by atoms with van der Waals surface area (Å²) in [6.07, 6.45) is 0.869. The standard InChI is InChI=1S/C13H14ClFN2O/c1-7-4-13(10(9(3)18)5-12(7)15)17-6-11(14)8(2)16-17/h4-6,9,18H,1-3H3. The molecule has 5 heteroatoms. The van der Waals surface area contributed by atoms with Crippen LogP contribution in [-0.2, 0) is 0 Å². The van der Waals surface area contributed by atoms with E-state index in [1.165, 1.54) is 6.07 Å². The maximum absolute atomic E-state index is 13.6. The number of nitrogens with zero attached hydrogens (tertiary/aromatic N) is 2. The number of hydrogen-bond acceptors (Lipinski definition) is 2. The Morgan fingerprint density at radius 2 is 2.06 bits per heavy atom. The zero-order chi connectivity index (χ0) is 13.4. The molecule has 0 bridgehead atoms. The van der Waals surface area contributed by atoms with Gasteiger partial charge in [0.1, 0.15) is 5.82 Å². The quantitative estimate of drug-likeness (QED) is 0.907. The molecule has 1 aromatic carbocycles. The monoisotopic (exact) mass is 268 g/mol. The Morgan fingerprint density at radius 1 is 1.39 bits per heavy atom. The van der Waals surface area contributed by atoms with Crippen LogP contribution in [0.2, 0.25) is 5.02 Å². The van der Waals surface area contributed by atoms with Gasteiger partial charge in [0.15, 0.2) is 0 Å². The lowest BCUT2D eigenvalue weighted by atomic mass is 10.1. The number of rotatable bonds is 2. The largest absolute Gasteiger partial charge is 0.389 e. The molecule has 2 rings (SSSR count). The van der Waals surface area contributed by atoms with Gasteiger partial charge in [0, 0.05) is 11.8 Å². The maximum atomic E-state index is 13.6. The van der Waals surface area contributed by atoms with Gasteiger partial charge in [0.2, 0.25) is 0 Å². The highest BCUT2D eigenvalue weighted by Gasteiger charge is 2.15. The van der Waals surface area contributed by atoms with Crippen molar-refractivity contribution < 1.29 is 9.50 Å². The van der Waals surface area contributed by atoms with E-state index in [9.17, 15) is 9.50 Å². The Hall–Kier alpha value is -1.39. The zero-order valence-corrected chi connectivity index (χ0v) is 11.2. The van der Waals surface area contributed by atoms with E-state index in [4.69, 9.17) is 11.6 Å². The summed E-state index contributed by atoms with van der Waals surface area (Å²) in [4.78, 5) is 0. The molecule has 96 valence electrons. The van der Waals surface area contributed by atoms with Gasteiger partial charge in [0.25, 0.3) is 0 Å². The number of aryl methyl sites for hydroxylation is 2. The molecule has 2 aromatic rings. The lowest BCUT2D eigenvalue weighted by molar-refractivity contribution is 0.198. The van der Waals surface area contributed by atoms with Gasteiger partial charge < -0.3 is 5.11 Å².